The zero-order valence-corrected chi connectivity index (χ0v) is 18.4. The van der Waals surface area contributed by atoms with Crippen molar-refractivity contribution < 1.29 is 0 Å². The SMILES string of the molecule is CC(C)N(C)c1cnn(C2CCCN(Cc3cccc4c3NCC4)C2)c(=O)c1.Cl. The van der Waals surface area contributed by atoms with Crippen LogP contribution in [0.5, 0.6) is 0 Å². The Balaban J connectivity index is 0.00000240. The molecule has 4 rings (SSSR count). The molecule has 0 amide bonds. The topological polar surface area (TPSA) is 53.4 Å². The summed E-state index contributed by atoms with van der Waals surface area (Å²) in [5.41, 5.74) is 4.99. The predicted molar refractivity (Wildman–Crippen MR) is 121 cm³/mol. The lowest BCUT2D eigenvalue weighted by Gasteiger charge is -2.33. The van der Waals surface area contributed by atoms with Gasteiger partial charge in [-0.3, -0.25) is 9.69 Å². The Kier molecular flexibility index (Phi) is 6.85. The fourth-order valence-electron chi connectivity index (χ4n) is 4.33. The lowest BCUT2D eigenvalue weighted by atomic mass is 10.0. The van der Waals surface area contributed by atoms with E-state index < -0.39 is 0 Å². The molecule has 6 nitrogen and oxygen atoms in total. The van der Waals surface area contributed by atoms with Crippen molar-refractivity contribution in [3.05, 3.63) is 51.9 Å². The molecule has 7 heteroatoms. The van der Waals surface area contributed by atoms with E-state index in [1.807, 2.05) is 13.2 Å². The summed E-state index contributed by atoms with van der Waals surface area (Å²) in [5.74, 6) is 0. The zero-order valence-electron chi connectivity index (χ0n) is 17.6. The van der Waals surface area contributed by atoms with Crippen LogP contribution in [-0.4, -0.2) is 47.4 Å². The molecule has 29 heavy (non-hydrogen) atoms. The van der Waals surface area contributed by atoms with E-state index in [1.54, 1.807) is 10.7 Å². The summed E-state index contributed by atoms with van der Waals surface area (Å²) >= 11 is 0. The van der Waals surface area contributed by atoms with E-state index in [-0.39, 0.29) is 24.0 Å². The van der Waals surface area contributed by atoms with E-state index in [0.717, 1.165) is 51.1 Å². The van der Waals surface area contributed by atoms with Crippen LogP contribution in [0.25, 0.3) is 0 Å². The fraction of sp³-hybridized carbons (Fsp3) is 0.545. The lowest BCUT2D eigenvalue weighted by Crippen LogP contribution is -2.40. The smallest absolute Gasteiger partial charge is 0.269 e. The Hall–Kier alpha value is -2.05. The molecule has 3 heterocycles. The van der Waals surface area contributed by atoms with E-state index in [9.17, 15) is 4.79 Å². The molecule has 0 bridgehead atoms. The first-order valence-corrected chi connectivity index (χ1v) is 10.4. The molecule has 1 aromatic heterocycles. The van der Waals surface area contributed by atoms with Crippen LogP contribution in [0, 0.1) is 0 Å². The van der Waals surface area contributed by atoms with E-state index in [0.29, 0.717) is 6.04 Å². The Morgan fingerprint density at radius 1 is 1.34 bits per heavy atom. The normalized spacial score (nSPS) is 18.8. The van der Waals surface area contributed by atoms with Gasteiger partial charge in [-0.05, 0) is 50.8 Å². The predicted octanol–water partition coefficient (Wildman–Crippen LogP) is 3.31. The maximum atomic E-state index is 12.7. The number of rotatable bonds is 5. The molecular weight excluding hydrogens is 386 g/mol. The second kappa shape index (κ2) is 9.18. The lowest BCUT2D eigenvalue weighted by molar-refractivity contribution is 0.160. The first-order chi connectivity index (χ1) is 13.5. The minimum absolute atomic E-state index is 0. The van der Waals surface area contributed by atoms with E-state index in [4.69, 9.17) is 0 Å². The van der Waals surface area contributed by atoms with Crippen LogP contribution in [0.1, 0.15) is 43.9 Å². The Morgan fingerprint density at radius 2 is 2.17 bits per heavy atom. The molecule has 0 spiro atoms. The average molecular weight is 418 g/mol. The highest BCUT2D eigenvalue weighted by Gasteiger charge is 2.24. The number of nitrogens with one attached hydrogen (secondary N) is 1. The van der Waals surface area contributed by atoms with Gasteiger partial charge in [0.25, 0.3) is 5.56 Å². The van der Waals surface area contributed by atoms with Crippen molar-refractivity contribution in [2.45, 2.75) is 51.7 Å². The Bertz CT molecular complexity index is 897. The van der Waals surface area contributed by atoms with Crippen molar-refractivity contribution in [2.75, 3.05) is 36.9 Å². The van der Waals surface area contributed by atoms with Crippen molar-refractivity contribution in [3.63, 3.8) is 0 Å². The van der Waals surface area contributed by atoms with Crippen molar-refractivity contribution >= 4 is 23.8 Å². The third-order valence-corrected chi connectivity index (χ3v) is 6.15. The average Bonchev–Trinajstić information content (AvgIpc) is 3.17. The molecular formula is C22H32ClN5O. The highest BCUT2D eigenvalue weighted by molar-refractivity contribution is 5.85. The third-order valence-electron chi connectivity index (χ3n) is 6.15. The van der Waals surface area contributed by atoms with Gasteiger partial charge in [0.2, 0.25) is 0 Å². The van der Waals surface area contributed by atoms with E-state index >= 15 is 0 Å². The highest BCUT2D eigenvalue weighted by Crippen LogP contribution is 2.29. The monoisotopic (exact) mass is 417 g/mol. The second-order valence-corrected chi connectivity index (χ2v) is 8.36. The number of benzene rings is 1. The summed E-state index contributed by atoms with van der Waals surface area (Å²) in [5, 5.41) is 8.07. The fourth-order valence-corrected chi connectivity index (χ4v) is 4.33. The zero-order chi connectivity index (χ0) is 19.7. The van der Waals surface area contributed by atoms with Crippen LogP contribution >= 0.6 is 12.4 Å². The van der Waals surface area contributed by atoms with Gasteiger partial charge in [-0.25, -0.2) is 4.68 Å². The van der Waals surface area contributed by atoms with Crippen LogP contribution in [0.3, 0.4) is 0 Å². The standard InChI is InChI=1S/C22H31N5O.ClH/c1-16(2)25(3)20-12-21(28)27(24-13-20)19-8-5-11-26(15-19)14-18-7-4-6-17-9-10-23-22(17)18;/h4,6-7,12-13,16,19,23H,5,8-11,14-15H2,1-3H3;1H. The van der Waals surface area contributed by atoms with Gasteiger partial charge in [-0.2, -0.15) is 5.10 Å². The minimum atomic E-state index is -0.000815. The summed E-state index contributed by atoms with van der Waals surface area (Å²) in [7, 11) is 2.00. The number of aromatic nitrogens is 2. The van der Waals surface area contributed by atoms with Gasteiger partial charge >= 0.3 is 0 Å². The molecule has 1 N–H and O–H groups in total. The van der Waals surface area contributed by atoms with Crippen LogP contribution in [0.4, 0.5) is 11.4 Å². The number of halogens is 1. The van der Waals surface area contributed by atoms with Crippen LogP contribution in [-0.2, 0) is 13.0 Å². The summed E-state index contributed by atoms with van der Waals surface area (Å²) in [6.45, 7) is 8.12. The molecule has 1 aromatic carbocycles. The first kappa shape index (κ1) is 21.7. The third kappa shape index (κ3) is 4.59. The number of nitrogens with zero attached hydrogens (tertiary/aromatic N) is 4. The molecule has 1 fully saturated rings. The molecule has 0 aliphatic carbocycles. The van der Waals surface area contributed by atoms with Crippen molar-refractivity contribution in [3.8, 4) is 0 Å². The minimum Gasteiger partial charge on any atom is -0.384 e. The van der Waals surface area contributed by atoms with Crippen LogP contribution in [0.15, 0.2) is 35.3 Å². The molecule has 1 atom stereocenters. The second-order valence-electron chi connectivity index (χ2n) is 8.36. The highest BCUT2D eigenvalue weighted by atomic mass is 35.5. The maximum absolute atomic E-state index is 12.7. The molecule has 158 valence electrons. The van der Waals surface area contributed by atoms with E-state index in [2.05, 4.69) is 52.3 Å². The number of likely N-dealkylation sites (tertiary alicyclic amines) is 1. The molecule has 2 aromatic rings. The number of hydrogen-bond acceptors (Lipinski definition) is 5. The van der Waals surface area contributed by atoms with Gasteiger partial charge in [0.1, 0.15) is 0 Å². The first-order valence-electron chi connectivity index (χ1n) is 10.4. The van der Waals surface area contributed by atoms with E-state index in [1.165, 1.54) is 16.8 Å². The quantitative estimate of drug-likeness (QED) is 0.808. The summed E-state index contributed by atoms with van der Waals surface area (Å²) < 4.78 is 1.69. The van der Waals surface area contributed by atoms with Gasteiger partial charge in [0.05, 0.1) is 17.9 Å². The van der Waals surface area contributed by atoms with Gasteiger partial charge in [0, 0.05) is 44.5 Å². The summed E-state index contributed by atoms with van der Waals surface area (Å²) in [6, 6.07) is 8.81. The van der Waals surface area contributed by atoms with Gasteiger partial charge in [-0.1, -0.05) is 18.2 Å². The maximum Gasteiger partial charge on any atom is 0.269 e. The Labute approximate surface area is 179 Å². The molecule has 1 unspecified atom stereocenters. The summed E-state index contributed by atoms with van der Waals surface area (Å²) in [6.07, 6.45) is 5.04. The molecule has 1 saturated heterocycles. The van der Waals surface area contributed by atoms with Crippen molar-refractivity contribution in [2.24, 2.45) is 0 Å². The van der Waals surface area contributed by atoms with Gasteiger partial charge in [0.15, 0.2) is 0 Å². The molecule has 2 aliphatic rings. The van der Waals surface area contributed by atoms with Gasteiger partial charge in [-0.15, -0.1) is 12.4 Å². The number of anilines is 2. The largest absolute Gasteiger partial charge is 0.384 e. The summed E-state index contributed by atoms with van der Waals surface area (Å²) in [4.78, 5) is 17.3. The van der Waals surface area contributed by atoms with Crippen molar-refractivity contribution in [1.82, 2.24) is 14.7 Å². The van der Waals surface area contributed by atoms with Gasteiger partial charge < -0.3 is 10.2 Å². The van der Waals surface area contributed by atoms with Crippen LogP contribution in [0.2, 0.25) is 0 Å². The van der Waals surface area contributed by atoms with Crippen LogP contribution < -0.4 is 15.8 Å². The van der Waals surface area contributed by atoms with Crippen molar-refractivity contribution in [1.29, 1.82) is 0 Å². The number of hydrogen-bond donors (Lipinski definition) is 1. The number of piperidine rings is 1. The molecule has 0 radical (unpaired) electrons. The number of para-hydroxylation sites is 1. The molecule has 0 saturated carbocycles. The Morgan fingerprint density at radius 3 is 2.93 bits per heavy atom. The number of fused-ring (bicyclic) bond motifs is 1. The molecule has 2 aliphatic heterocycles.